The standard InChI is InChI=1S/C21H33N3O3/c1-16(2)27-19-11-9-18(10-12-19)8-7-17(3)22-21(26)23(4)15-20(25)24-13-5-6-14-24/h9-12,16-17H,5-8,13-15H2,1-4H3,(H,22,26)/t17-/m1/s1. The zero-order chi connectivity index (χ0) is 19.8. The number of nitrogens with one attached hydrogen (secondary N) is 1. The van der Waals surface area contributed by atoms with E-state index in [1.807, 2.05) is 37.8 Å². The lowest BCUT2D eigenvalue weighted by atomic mass is 10.1. The Labute approximate surface area is 162 Å². The number of amides is 3. The second-order valence-electron chi connectivity index (χ2n) is 7.64. The Hall–Kier alpha value is -2.24. The number of rotatable bonds is 8. The van der Waals surface area contributed by atoms with Crippen LogP contribution in [0, 0.1) is 0 Å². The van der Waals surface area contributed by atoms with Crippen LogP contribution in [0.2, 0.25) is 0 Å². The molecule has 150 valence electrons. The van der Waals surface area contributed by atoms with Gasteiger partial charge in [0.25, 0.3) is 0 Å². The van der Waals surface area contributed by atoms with Gasteiger partial charge in [-0.05, 0) is 64.2 Å². The van der Waals surface area contributed by atoms with E-state index in [-0.39, 0.29) is 30.6 Å². The molecule has 1 aliphatic heterocycles. The van der Waals surface area contributed by atoms with E-state index >= 15 is 0 Å². The maximum atomic E-state index is 12.3. The summed E-state index contributed by atoms with van der Waals surface area (Å²) in [5.41, 5.74) is 1.21. The minimum absolute atomic E-state index is 0.0292. The zero-order valence-corrected chi connectivity index (χ0v) is 17.0. The van der Waals surface area contributed by atoms with Crippen molar-refractivity contribution < 1.29 is 14.3 Å². The van der Waals surface area contributed by atoms with Crippen LogP contribution in [0.5, 0.6) is 5.75 Å². The number of hydrogen-bond donors (Lipinski definition) is 1. The van der Waals surface area contributed by atoms with E-state index < -0.39 is 0 Å². The first-order chi connectivity index (χ1) is 12.8. The van der Waals surface area contributed by atoms with Gasteiger partial charge in [0, 0.05) is 26.2 Å². The van der Waals surface area contributed by atoms with Gasteiger partial charge in [-0.1, -0.05) is 12.1 Å². The number of urea groups is 1. The Morgan fingerprint density at radius 2 is 1.78 bits per heavy atom. The average Bonchev–Trinajstić information content (AvgIpc) is 3.15. The number of ether oxygens (including phenoxy) is 1. The van der Waals surface area contributed by atoms with Gasteiger partial charge in [-0.2, -0.15) is 0 Å². The van der Waals surface area contributed by atoms with Gasteiger partial charge in [-0.3, -0.25) is 4.79 Å². The van der Waals surface area contributed by atoms with Crippen LogP contribution in [0.1, 0.15) is 45.6 Å². The maximum Gasteiger partial charge on any atom is 0.317 e. The zero-order valence-electron chi connectivity index (χ0n) is 17.0. The highest BCUT2D eigenvalue weighted by Crippen LogP contribution is 2.15. The topological polar surface area (TPSA) is 61.9 Å². The predicted molar refractivity (Wildman–Crippen MR) is 107 cm³/mol. The Bertz CT molecular complexity index is 610. The van der Waals surface area contributed by atoms with Crippen molar-refractivity contribution in [3.05, 3.63) is 29.8 Å². The van der Waals surface area contributed by atoms with Crippen molar-refractivity contribution in [3.8, 4) is 5.75 Å². The summed E-state index contributed by atoms with van der Waals surface area (Å²) in [7, 11) is 1.67. The molecule has 0 aliphatic carbocycles. The van der Waals surface area contributed by atoms with Crippen LogP contribution in [-0.2, 0) is 11.2 Å². The highest BCUT2D eigenvalue weighted by Gasteiger charge is 2.21. The van der Waals surface area contributed by atoms with Gasteiger partial charge in [0.1, 0.15) is 12.3 Å². The van der Waals surface area contributed by atoms with Crippen LogP contribution in [0.15, 0.2) is 24.3 Å². The van der Waals surface area contributed by atoms with Crippen molar-refractivity contribution in [3.63, 3.8) is 0 Å². The summed E-state index contributed by atoms with van der Waals surface area (Å²) >= 11 is 0. The largest absolute Gasteiger partial charge is 0.491 e. The van der Waals surface area contributed by atoms with Crippen LogP contribution in [0.4, 0.5) is 4.79 Å². The van der Waals surface area contributed by atoms with Crippen molar-refractivity contribution in [2.75, 3.05) is 26.7 Å². The van der Waals surface area contributed by atoms with Crippen molar-refractivity contribution in [2.45, 2.75) is 58.6 Å². The van der Waals surface area contributed by atoms with Gasteiger partial charge in [0.15, 0.2) is 0 Å². The molecule has 1 N–H and O–H groups in total. The highest BCUT2D eigenvalue weighted by molar-refractivity contribution is 5.84. The molecule has 0 saturated carbocycles. The van der Waals surface area contributed by atoms with Gasteiger partial charge < -0.3 is 19.9 Å². The Balaban J connectivity index is 1.71. The molecule has 1 atom stereocenters. The van der Waals surface area contributed by atoms with Gasteiger partial charge in [-0.15, -0.1) is 0 Å². The van der Waals surface area contributed by atoms with Crippen LogP contribution in [0.3, 0.4) is 0 Å². The molecule has 1 aromatic carbocycles. The number of carbonyl (C=O) groups excluding carboxylic acids is 2. The predicted octanol–water partition coefficient (Wildman–Crippen LogP) is 3.06. The summed E-state index contributed by atoms with van der Waals surface area (Å²) in [6.07, 6.45) is 4.00. The lowest BCUT2D eigenvalue weighted by Gasteiger charge is -2.23. The Morgan fingerprint density at radius 1 is 1.15 bits per heavy atom. The van der Waals surface area contributed by atoms with E-state index in [4.69, 9.17) is 4.74 Å². The molecule has 6 heteroatoms. The van der Waals surface area contributed by atoms with Crippen molar-refractivity contribution >= 4 is 11.9 Å². The molecule has 1 fully saturated rings. The van der Waals surface area contributed by atoms with Gasteiger partial charge in [0.05, 0.1) is 6.10 Å². The highest BCUT2D eigenvalue weighted by atomic mass is 16.5. The number of likely N-dealkylation sites (tertiary alicyclic amines) is 1. The summed E-state index contributed by atoms with van der Waals surface area (Å²) < 4.78 is 5.65. The monoisotopic (exact) mass is 375 g/mol. The fourth-order valence-corrected chi connectivity index (χ4v) is 3.12. The van der Waals surface area contributed by atoms with Crippen molar-refractivity contribution in [2.24, 2.45) is 0 Å². The van der Waals surface area contributed by atoms with E-state index in [1.165, 1.54) is 10.5 Å². The molecule has 3 amide bonds. The lowest BCUT2D eigenvalue weighted by molar-refractivity contribution is -0.130. The van der Waals surface area contributed by atoms with E-state index in [9.17, 15) is 9.59 Å². The quantitative estimate of drug-likeness (QED) is 0.760. The third-order valence-corrected chi connectivity index (χ3v) is 4.71. The number of aryl methyl sites for hydroxylation is 1. The number of likely N-dealkylation sites (N-methyl/N-ethyl adjacent to an activating group) is 1. The molecule has 27 heavy (non-hydrogen) atoms. The maximum absolute atomic E-state index is 12.3. The minimum atomic E-state index is -0.198. The molecule has 0 unspecified atom stereocenters. The lowest BCUT2D eigenvalue weighted by Crippen LogP contribution is -2.46. The third kappa shape index (κ3) is 7.12. The molecule has 1 heterocycles. The summed E-state index contributed by atoms with van der Waals surface area (Å²) in [6.45, 7) is 7.76. The first-order valence-electron chi connectivity index (χ1n) is 9.90. The van der Waals surface area contributed by atoms with Gasteiger partial charge in [0.2, 0.25) is 5.91 Å². The molecule has 2 rings (SSSR count). The number of benzene rings is 1. The van der Waals surface area contributed by atoms with E-state index in [2.05, 4.69) is 17.4 Å². The smallest absolute Gasteiger partial charge is 0.317 e. The molecule has 0 aromatic heterocycles. The Kier molecular flexibility index (Phi) is 7.95. The minimum Gasteiger partial charge on any atom is -0.491 e. The fraction of sp³-hybridized carbons (Fsp3) is 0.619. The van der Waals surface area contributed by atoms with Crippen molar-refractivity contribution in [1.82, 2.24) is 15.1 Å². The molecule has 1 aliphatic rings. The van der Waals surface area contributed by atoms with E-state index in [0.717, 1.165) is 44.5 Å². The van der Waals surface area contributed by atoms with Gasteiger partial charge >= 0.3 is 6.03 Å². The molecule has 0 bridgehead atoms. The van der Waals surface area contributed by atoms with E-state index in [0.29, 0.717) is 0 Å². The molecule has 0 spiro atoms. The summed E-state index contributed by atoms with van der Waals surface area (Å²) in [5, 5.41) is 2.97. The summed E-state index contributed by atoms with van der Waals surface area (Å²) in [4.78, 5) is 27.7. The van der Waals surface area contributed by atoms with Crippen LogP contribution >= 0.6 is 0 Å². The average molecular weight is 376 g/mol. The fourth-order valence-electron chi connectivity index (χ4n) is 3.12. The Morgan fingerprint density at radius 3 is 2.37 bits per heavy atom. The van der Waals surface area contributed by atoms with Crippen LogP contribution in [0.25, 0.3) is 0 Å². The van der Waals surface area contributed by atoms with Crippen molar-refractivity contribution in [1.29, 1.82) is 0 Å². The molecular formula is C21H33N3O3. The number of nitrogens with zero attached hydrogens (tertiary/aromatic N) is 2. The number of carbonyl (C=O) groups is 2. The summed E-state index contributed by atoms with van der Waals surface area (Å²) in [6, 6.07) is 7.93. The SMILES string of the molecule is CC(C)Oc1ccc(CC[C@@H](C)NC(=O)N(C)CC(=O)N2CCCC2)cc1. The summed E-state index contributed by atoms with van der Waals surface area (Å²) in [5.74, 6) is 0.904. The second-order valence-corrected chi connectivity index (χ2v) is 7.64. The molecule has 6 nitrogen and oxygen atoms in total. The number of hydrogen-bond acceptors (Lipinski definition) is 3. The molecule has 1 aromatic rings. The third-order valence-electron chi connectivity index (χ3n) is 4.71. The van der Waals surface area contributed by atoms with E-state index in [1.54, 1.807) is 7.05 Å². The van der Waals surface area contributed by atoms with Gasteiger partial charge in [-0.25, -0.2) is 4.79 Å². The molecular weight excluding hydrogens is 342 g/mol. The normalized spacial score (nSPS) is 14.9. The second kappa shape index (κ2) is 10.2. The van der Waals surface area contributed by atoms with Crippen LogP contribution in [-0.4, -0.2) is 60.6 Å². The first-order valence-corrected chi connectivity index (χ1v) is 9.90. The molecule has 1 saturated heterocycles. The molecule has 0 radical (unpaired) electrons. The first kappa shape index (κ1) is 21.1. The van der Waals surface area contributed by atoms with Crippen LogP contribution < -0.4 is 10.1 Å².